The van der Waals surface area contributed by atoms with Gasteiger partial charge in [-0.3, -0.25) is 4.79 Å². The molecule has 0 aliphatic carbocycles. The van der Waals surface area contributed by atoms with E-state index in [2.05, 4.69) is 6.07 Å². The average molecular weight is 301 g/mol. The van der Waals surface area contributed by atoms with Gasteiger partial charge in [-0.25, -0.2) is 0 Å². The second-order valence-electron chi connectivity index (χ2n) is 5.40. The molecule has 0 spiro atoms. The summed E-state index contributed by atoms with van der Waals surface area (Å²) >= 11 is 0. The Bertz CT molecular complexity index is 908. The lowest BCUT2D eigenvalue weighted by Gasteiger charge is -2.09. The third-order valence-electron chi connectivity index (χ3n) is 3.93. The molecular weight excluding hydrogens is 286 g/mol. The number of carbonyl (C=O) groups is 1. The molecule has 0 fully saturated rings. The Hall–Kier alpha value is -3.12. The lowest BCUT2D eigenvalue weighted by atomic mass is 9.96. The van der Waals surface area contributed by atoms with Crippen LogP contribution >= 0.6 is 0 Å². The molecule has 3 rings (SSSR count). The highest BCUT2D eigenvalue weighted by Gasteiger charge is 2.11. The van der Waals surface area contributed by atoms with Crippen molar-refractivity contribution in [3.05, 3.63) is 77.4 Å². The fraction of sp³-hybridized carbons (Fsp3) is 0.100. The van der Waals surface area contributed by atoms with Crippen molar-refractivity contribution in [3.8, 4) is 11.8 Å². The number of nitriles is 1. The molecular formula is C20H15NO2. The number of aryl methyl sites for hydroxylation is 1. The maximum Gasteiger partial charge on any atom is 0.163 e. The lowest BCUT2D eigenvalue weighted by molar-refractivity contribution is 0.0983. The summed E-state index contributed by atoms with van der Waals surface area (Å²) in [5, 5.41) is 20.9. The number of phenolic OH excluding ortho intramolecular Hbond substituents is 1. The lowest BCUT2D eigenvalue weighted by Crippen LogP contribution is -2.01. The molecule has 0 aromatic heterocycles. The minimum absolute atomic E-state index is 0.0515. The van der Waals surface area contributed by atoms with E-state index >= 15 is 0 Å². The van der Waals surface area contributed by atoms with Crippen LogP contribution in [0.5, 0.6) is 5.75 Å². The van der Waals surface area contributed by atoms with E-state index in [-0.39, 0.29) is 11.5 Å². The largest absolute Gasteiger partial charge is 0.508 e. The highest BCUT2D eigenvalue weighted by Crippen LogP contribution is 2.29. The maximum absolute atomic E-state index is 12.2. The summed E-state index contributed by atoms with van der Waals surface area (Å²) < 4.78 is 0. The van der Waals surface area contributed by atoms with Crippen molar-refractivity contribution in [2.45, 2.75) is 12.8 Å². The number of hydrogen-bond acceptors (Lipinski definition) is 3. The first kappa shape index (κ1) is 14.8. The molecule has 0 unspecified atom stereocenters. The van der Waals surface area contributed by atoms with E-state index in [1.807, 2.05) is 24.3 Å². The molecule has 0 amide bonds. The Morgan fingerprint density at radius 1 is 1.04 bits per heavy atom. The second-order valence-corrected chi connectivity index (χ2v) is 5.40. The van der Waals surface area contributed by atoms with Gasteiger partial charge in [-0.1, -0.05) is 42.5 Å². The van der Waals surface area contributed by atoms with Crippen LogP contribution in [0.3, 0.4) is 0 Å². The number of hydrogen-bond donors (Lipinski definition) is 1. The molecule has 0 atom stereocenters. The van der Waals surface area contributed by atoms with Crippen molar-refractivity contribution < 1.29 is 9.90 Å². The first-order valence-electron chi connectivity index (χ1n) is 7.42. The van der Waals surface area contributed by atoms with Crippen LogP contribution in [0.1, 0.15) is 27.9 Å². The van der Waals surface area contributed by atoms with Gasteiger partial charge in [-0.2, -0.15) is 5.26 Å². The number of Topliss-reactive ketones (excluding diaryl/α,β-unsaturated/α-hetero) is 1. The Kier molecular flexibility index (Phi) is 4.07. The molecule has 0 heterocycles. The summed E-state index contributed by atoms with van der Waals surface area (Å²) in [5.41, 5.74) is 2.00. The van der Waals surface area contributed by atoms with E-state index in [1.165, 1.54) is 0 Å². The number of nitrogens with zero attached hydrogens (tertiary/aromatic N) is 1. The van der Waals surface area contributed by atoms with Gasteiger partial charge in [-0.15, -0.1) is 0 Å². The molecule has 0 aliphatic rings. The first-order valence-corrected chi connectivity index (χ1v) is 7.42. The van der Waals surface area contributed by atoms with Crippen LogP contribution in [0, 0.1) is 11.3 Å². The molecule has 3 aromatic carbocycles. The van der Waals surface area contributed by atoms with Crippen LogP contribution in [-0.2, 0) is 6.42 Å². The highest BCUT2D eigenvalue weighted by atomic mass is 16.3. The zero-order valence-corrected chi connectivity index (χ0v) is 12.5. The molecule has 1 N–H and O–H groups in total. The van der Waals surface area contributed by atoms with E-state index < -0.39 is 0 Å². The van der Waals surface area contributed by atoms with Crippen molar-refractivity contribution in [3.63, 3.8) is 0 Å². The van der Waals surface area contributed by atoms with Gasteiger partial charge in [-0.05, 0) is 35.4 Å². The number of benzene rings is 3. The van der Waals surface area contributed by atoms with Gasteiger partial charge < -0.3 is 5.11 Å². The van der Waals surface area contributed by atoms with E-state index in [0.717, 1.165) is 16.3 Å². The Labute approximate surface area is 134 Å². The van der Waals surface area contributed by atoms with Crippen molar-refractivity contribution in [1.29, 1.82) is 5.26 Å². The number of carbonyl (C=O) groups excluding carboxylic acids is 1. The molecule has 3 nitrogen and oxygen atoms in total. The van der Waals surface area contributed by atoms with Gasteiger partial charge in [0.05, 0.1) is 11.6 Å². The predicted molar refractivity (Wildman–Crippen MR) is 89.4 cm³/mol. The van der Waals surface area contributed by atoms with Gasteiger partial charge in [0, 0.05) is 17.5 Å². The quantitative estimate of drug-likeness (QED) is 0.733. The SMILES string of the molecule is N#Cc1ccc2c(CCC(=O)c3ccccc3)c(O)ccc2c1. The van der Waals surface area contributed by atoms with Crippen LogP contribution in [0.15, 0.2) is 60.7 Å². The van der Waals surface area contributed by atoms with Crippen LogP contribution < -0.4 is 0 Å². The van der Waals surface area contributed by atoms with Crippen molar-refractivity contribution in [1.82, 2.24) is 0 Å². The summed E-state index contributed by atoms with van der Waals surface area (Å²) in [6.45, 7) is 0. The fourth-order valence-electron chi connectivity index (χ4n) is 2.72. The van der Waals surface area contributed by atoms with Gasteiger partial charge in [0.2, 0.25) is 0 Å². The Morgan fingerprint density at radius 3 is 2.57 bits per heavy atom. The zero-order chi connectivity index (χ0) is 16.2. The van der Waals surface area contributed by atoms with E-state index in [0.29, 0.717) is 24.0 Å². The third kappa shape index (κ3) is 3.07. The second kappa shape index (κ2) is 6.33. The van der Waals surface area contributed by atoms with E-state index in [4.69, 9.17) is 5.26 Å². The summed E-state index contributed by atoms with van der Waals surface area (Å²) in [6.07, 6.45) is 0.791. The summed E-state index contributed by atoms with van der Waals surface area (Å²) in [4.78, 5) is 12.2. The highest BCUT2D eigenvalue weighted by molar-refractivity contribution is 5.96. The van der Waals surface area contributed by atoms with Crippen molar-refractivity contribution in [2.24, 2.45) is 0 Å². The monoisotopic (exact) mass is 301 g/mol. The van der Waals surface area contributed by atoms with E-state index in [9.17, 15) is 9.90 Å². The number of phenols is 1. The number of aromatic hydroxyl groups is 1. The first-order chi connectivity index (χ1) is 11.2. The summed E-state index contributed by atoms with van der Waals surface area (Å²) in [5.74, 6) is 0.235. The van der Waals surface area contributed by atoms with Crippen LogP contribution in [0.4, 0.5) is 0 Å². The van der Waals surface area contributed by atoms with Crippen LogP contribution in [0.2, 0.25) is 0 Å². The minimum Gasteiger partial charge on any atom is -0.508 e. The minimum atomic E-state index is 0.0515. The summed E-state index contributed by atoms with van der Waals surface area (Å²) in [7, 11) is 0. The molecule has 0 saturated heterocycles. The van der Waals surface area contributed by atoms with Crippen molar-refractivity contribution >= 4 is 16.6 Å². The van der Waals surface area contributed by atoms with Gasteiger partial charge in [0.25, 0.3) is 0 Å². The third-order valence-corrected chi connectivity index (χ3v) is 3.93. The fourth-order valence-corrected chi connectivity index (χ4v) is 2.72. The van der Waals surface area contributed by atoms with E-state index in [1.54, 1.807) is 36.4 Å². The Morgan fingerprint density at radius 2 is 1.83 bits per heavy atom. The van der Waals surface area contributed by atoms with Gasteiger partial charge in [0.15, 0.2) is 5.78 Å². The number of rotatable bonds is 4. The molecule has 0 radical (unpaired) electrons. The normalized spacial score (nSPS) is 10.4. The topological polar surface area (TPSA) is 61.1 Å². The van der Waals surface area contributed by atoms with Crippen LogP contribution in [0.25, 0.3) is 10.8 Å². The van der Waals surface area contributed by atoms with Crippen molar-refractivity contribution in [2.75, 3.05) is 0 Å². The average Bonchev–Trinajstić information content (AvgIpc) is 2.61. The van der Waals surface area contributed by atoms with Gasteiger partial charge in [0.1, 0.15) is 5.75 Å². The van der Waals surface area contributed by atoms with Crippen LogP contribution in [-0.4, -0.2) is 10.9 Å². The number of fused-ring (bicyclic) bond motifs is 1. The zero-order valence-electron chi connectivity index (χ0n) is 12.5. The maximum atomic E-state index is 12.2. The molecule has 23 heavy (non-hydrogen) atoms. The molecule has 0 aliphatic heterocycles. The smallest absolute Gasteiger partial charge is 0.163 e. The van der Waals surface area contributed by atoms with Gasteiger partial charge >= 0.3 is 0 Å². The summed E-state index contributed by atoms with van der Waals surface area (Å²) in [6, 6.07) is 20.0. The predicted octanol–water partition coefficient (Wildman–Crippen LogP) is 4.23. The Balaban J connectivity index is 1.89. The molecule has 0 saturated carbocycles. The molecule has 3 heteroatoms. The molecule has 3 aromatic rings. The standard InChI is InChI=1S/C20H15NO2/c21-13-14-6-8-17-16(12-14)7-10-20(23)18(17)9-11-19(22)15-4-2-1-3-5-15/h1-8,10,12,23H,9,11H2. The molecule has 112 valence electrons. The number of ketones is 1. The molecule has 0 bridgehead atoms.